The van der Waals surface area contributed by atoms with Crippen LogP contribution in [0.1, 0.15) is 29.5 Å². The highest BCUT2D eigenvalue weighted by Gasteiger charge is 2.39. The number of nitrogens with one attached hydrogen (secondary N) is 2. The molecule has 0 aliphatic carbocycles. The van der Waals surface area contributed by atoms with Crippen molar-refractivity contribution in [2.45, 2.75) is 24.4 Å². The van der Waals surface area contributed by atoms with Gasteiger partial charge in [0.15, 0.2) is 0 Å². The summed E-state index contributed by atoms with van der Waals surface area (Å²) in [5, 5.41) is 7.40. The zero-order chi connectivity index (χ0) is 12.7. The maximum atomic E-state index is 3.72. The normalized spacial score (nSPS) is 28.3. The summed E-state index contributed by atoms with van der Waals surface area (Å²) in [7, 11) is 0. The van der Waals surface area contributed by atoms with E-state index in [0.717, 1.165) is 6.54 Å². The molecule has 0 amide bonds. The lowest BCUT2D eigenvalue weighted by atomic mass is 9.82. The molecule has 0 saturated carbocycles. The largest absolute Gasteiger partial charge is 0.380 e. The topological polar surface area (TPSA) is 24.1 Å². The molecule has 2 N–H and O–H groups in total. The first kappa shape index (κ1) is 11.1. The van der Waals surface area contributed by atoms with Gasteiger partial charge in [0.1, 0.15) is 0 Å². The lowest BCUT2D eigenvalue weighted by Crippen LogP contribution is -2.43. The molecule has 2 heteroatoms. The number of fused-ring (bicyclic) bond motifs is 3. The summed E-state index contributed by atoms with van der Waals surface area (Å²) < 4.78 is 0. The number of para-hydroxylation sites is 1. The van der Waals surface area contributed by atoms with Crippen LogP contribution in [0.15, 0.2) is 54.6 Å². The highest BCUT2D eigenvalue weighted by atomic mass is 15.1. The van der Waals surface area contributed by atoms with Crippen LogP contribution in [0.5, 0.6) is 0 Å². The summed E-state index contributed by atoms with van der Waals surface area (Å²) in [5.74, 6) is 0.641. The standard InChI is InChI=1S/C17H18N2/c1-2-6-12(7-3-1)16-17-14(10-11-18-16)13-8-4-5-9-15(13)19-17/h1-9,14,16-19H,10-11H2. The second-order valence-electron chi connectivity index (χ2n) is 5.50. The molecule has 0 radical (unpaired) electrons. The van der Waals surface area contributed by atoms with Gasteiger partial charge >= 0.3 is 0 Å². The van der Waals surface area contributed by atoms with E-state index in [1.54, 1.807) is 0 Å². The van der Waals surface area contributed by atoms with Crippen LogP contribution in [0.25, 0.3) is 0 Å². The third-order valence-corrected chi connectivity index (χ3v) is 4.45. The molecule has 2 heterocycles. The third kappa shape index (κ3) is 1.75. The summed E-state index contributed by atoms with van der Waals surface area (Å²) in [6.07, 6.45) is 1.22. The first-order valence-corrected chi connectivity index (χ1v) is 7.07. The van der Waals surface area contributed by atoms with Crippen molar-refractivity contribution < 1.29 is 0 Å². The van der Waals surface area contributed by atoms with Crippen molar-refractivity contribution in [3.63, 3.8) is 0 Å². The number of piperidine rings is 1. The van der Waals surface area contributed by atoms with Gasteiger partial charge in [-0.2, -0.15) is 0 Å². The predicted molar refractivity (Wildman–Crippen MR) is 78.4 cm³/mol. The molecule has 2 aromatic rings. The predicted octanol–water partition coefficient (Wildman–Crippen LogP) is 3.30. The van der Waals surface area contributed by atoms with E-state index in [1.165, 1.54) is 23.2 Å². The number of rotatable bonds is 1. The minimum absolute atomic E-state index is 0.410. The molecule has 2 aromatic carbocycles. The van der Waals surface area contributed by atoms with E-state index in [0.29, 0.717) is 18.0 Å². The highest BCUT2D eigenvalue weighted by Crippen LogP contribution is 2.44. The molecular formula is C17H18N2. The molecule has 1 fully saturated rings. The fourth-order valence-electron chi connectivity index (χ4n) is 3.58. The molecule has 2 nitrogen and oxygen atoms in total. The fraction of sp³-hybridized carbons (Fsp3) is 0.294. The van der Waals surface area contributed by atoms with Gasteiger partial charge < -0.3 is 10.6 Å². The Labute approximate surface area is 113 Å². The lowest BCUT2D eigenvalue weighted by Gasteiger charge is -2.35. The van der Waals surface area contributed by atoms with Crippen LogP contribution in [0.4, 0.5) is 5.69 Å². The number of benzene rings is 2. The molecule has 4 rings (SSSR count). The van der Waals surface area contributed by atoms with Gasteiger partial charge in [-0.05, 0) is 30.2 Å². The third-order valence-electron chi connectivity index (χ3n) is 4.45. The van der Waals surface area contributed by atoms with E-state index in [9.17, 15) is 0 Å². The maximum Gasteiger partial charge on any atom is 0.0531 e. The first-order valence-electron chi connectivity index (χ1n) is 7.07. The number of hydrogen-bond donors (Lipinski definition) is 2. The summed E-state index contributed by atoms with van der Waals surface area (Å²) >= 11 is 0. The van der Waals surface area contributed by atoms with Crippen molar-refractivity contribution in [1.29, 1.82) is 0 Å². The van der Waals surface area contributed by atoms with Crippen LogP contribution in [-0.4, -0.2) is 12.6 Å². The van der Waals surface area contributed by atoms with E-state index in [2.05, 4.69) is 65.2 Å². The highest BCUT2D eigenvalue weighted by molar-refractivity contribution is 5.60. The zero-order valence-corrected chi connectivity index (χ0v) is 10.8. The molecule has 3 atom stereocenters. The van der Waals surface area contributed by atoms with Gasteiger partial charge in [-0.3, -0.25) is 0 Å². The van der Waals surface area contributed by atoms with Gasteiger partial charge in [-0.25, -0.2) is 0 Å². The fourth-order valence-corrected chi connectivity index (χ4v) is 3.58. The molecule has 2 aliphatic rings. The molecule has 2 aliphatic heterocycles. The Hall–Kier alpha value is -1.80. The smallest absolute Gasteiger partial charge is 0.0531 e. The molecule has 1 saturated heterocycles. The first-order chi connectivity index (χ1) is 9.43. The van der Waals surface area contributed by atoms with Crippen LogP contribution in [-0.2, 0) is 0 Å². The Morgan fingerprint density at radius 2 is 1.68 bits per heavy atom. The number of hydrogen-bond acceptors (Lipinski definition) is 2. The Balaban J connectivity index is 1.71. The minimum atomic E-state index is 0.410. The Morgan fingerprint density at radius 3 is 2.58 bits per heavy atom. The summed E-state index contributed by atoms with van der Waals surface area (Å²) in [4.78, 5) is 0. The molecule has 96 valence electrons. The summed E-state index contributed by atoms with van der Waals surface area (Å²) in [5.41, 5.74) is 4.20. The van der Waals surface area contributed by atoms with E-state index in [4.69, 9.17) is 0 Å². The van der Waals surface area contributed by atoms with Crippen LogP contribution >= 0.6 is 0 Å². The lowest BCUT2D eigenvalue weighted by molar-refractivity contribution is 0.348. The Bertz CT molecular complexity index is 579. The Morgan fingerprint density at radius 1 is 0.895 bits per heavy atom. The average Bonchev–Trinajstić information content (AvgIpc) is 2.87. The van der Waals surface area contributed by atoms with Crippen molar-refractivity contribution in [2.75, 3.05) is 11.9 Å². The number of anilines is 1. The van der Waals surface area contributed by atoms with Gasteiger partial charge in [0.05, 0.1) is 12.1 Å². The summed E-state index contributed by atoms with van der Waals surface area (Å²) in [6, 6.07) is 20.4. The van der Waals surface area contributed by atoms with E-state index in [-0.39, 0.29) is 0 Å². The molecule has 19 heavy (non-hydrogen) atoms. The van der Waals surface area contributed by atoms with Crippen molar-refractivity contribution in [1.82, 2.24) is 5.32 Å². The van der Waals surface area contributed by atoms with Gasteiger partial charge in [0.2, 0.25) is 0 Å². The van der Waals surface area contributed by atoms with E-state index in [1.807, 2.05) is 0 Å². The second kappa shape index (κ2) is 4.39. The minimum Gasteiger partial charge on any atom is -0.380 e. The van der Waals surface area contributed by atoms with Crippen molar-refractivity contribution >= 4 is 5.69 Å². The van der Waals surface area contributed by atoms with Crippen molar-refractivity contribution in [3.8, 4) is 0 Å². The molecule has 0 bridgehead atoms. The molecule has 0 spiro atoms. The summed E-state index contributed by atoms with van der Waals surface area (Å²) in [6.45, 7) is 1.09. The van der Waals surface area contributed by atoms with Crippen LogP contribution < -0.4 is 10.6 Å². The zero-order valence-electron chi connectivity index (χ0n) is 10.8. The van der Waals surface area contributed by atoms with Crippen molar-refractivity contribution in [3.05, 3.63) is 65.7 Å². The maximum absolute atomic E-state index is 3.72. The SMILES string of the molecule is c1ccc(C2NCCC3c4ccccc4NC32)cc1. The average molecular weight is 250 g/mol. The van der Waals surface area contributed by atoms with Gasteiger partial charge in [-0.15, -0.1) is 0 Å². The molecular weight excluding hydrogens is 232 g/mol. The molecule has 0 aromatic heterocycles. The van der Waals surface area contributed by atoms with E-state index >= 15 is 0 Å². The van der Waals surface area contributed by atoms with Crippen LogP contribution in [0.3, 0.4) is 0 Å². The Kier molecular flexibility index (Phi) is 2.56. The quantitative estimate of drug-likeness (QED) is 0.811. The van der Waals surface area contributed by atoms with E-state index < -0.39 is 0 Å². The second-order valence-corrected chi connectivity index (χ2v) is 5.50. The molecule has 3 unspecified atom stereocenters. The monoisotopic (exact) mass is 250 g/mol. The van der Waals surface area contributed by atoms with Crippen molar-refractivity contribution in [2.24, 2.45) is 0 Å². The van der Waals surface area contributed by atoms with Gasteiger partial charge in [0.25, 0.3) is 0 Å². The van der Waals surface area contributed by atoms with Gasteiger partial charge in [0, 0.05) is 11.6 Å². The van der Waals surface area contributed by atoms with Gasteiger partial charge in [-0.1, -0.05) is 48.5 Å². The van der Waals surface area contributed by atoms with Crippen LogP contribution in [0.2, 0.25) is 0 Å². The van der Waals surface area contributed by atoms with Crippen LogP contribution in [0, 0.1) is 0 Å².